The number of amides is 2. The van der Waals surface area contributed by atoms with Crippen molar-refractivity contribution in [2.75, 3.05) is 17.3 Å². The van der Waals surface area contributed by atoms with Crippen LogP contribution >= 0.6 is 0 Å². The summed E-state index contributed by atoms with van der Waals surface area (Å²) in [4.78, 5) is 12.0. The van der Waals surface area contributed by atoms with Crippen LogP contribution in [0.3, 0.4) is 0 Å². The fourth-order valence-electron chi connectivity index (χ4n) is 2.05. The quantitative estimate of drug-likeness (QED) is 0.852. The summed E-state index contributed by atoms with van der Waals surface area (Å²) in [5, 5.41) is 5.51. The number of hydrogen-bond acceptors (Lipinski definition) is 3. The van der Waals surface area contributed by atoms with Crippen LogP contribution in [0.2, 0.25) is 0 Å². The van der Waals surface area contributed by atoms with E-state index in [4.69, 9.17) is 4.74 Å². The summed E-state index contributed by atoms with van der Waals surface area (Å²) in [6.07, 6.45) is 1.61. The first-order valence-corrected chi connectivity index (χ1v) is 8.97. The van der Waals surface area contributed by atoms with Crippen molar-refractivity contribution in [1.29, 1.82) is 0 Å². The minimum absolute atomic E-state index is 0.178. The van der Waals surface area contributed by atoms with Crippen LogP contribution in [0.4, 0.5) is 10.5 Å². The van der Waals surface area contributed by atoms with E-state index in [1.54, 1.807) is 18.4 Å². The summed E-state index contributed by atoms with van der Waals surface area (Å²) in [5.41, 5.74) is 0.568. The van der Waals surface area contributed by atoms with Crippen LogP contribution in [0.5, 0.6) is 11.5 Å². The molecule has 6 heteroatoms. The molecule has 0 aliphatic heterocycles. The SMILES string of the molecule is C[C@@H](C[S@](C)=O)NC(=O)Nc1ccccc1Oc1ccccc1. The standard InChI is InChI=1S/C17H20N2O3S/c1-13(12-23(2)21)18-17(20)19-15-10-6-7-11-16(15)22-14-8-4-3-5-9-14/h3-11,13H,12H2,1-2H3,(H2,18,19,20)/t13-,23-/m0/s1. The van der Waals surface area contributed by atoms with Crippen molar-refractivity contribution >= 4 is 22.5 Å². The first-order valence-electron chi connectivity index (χ1n) is 7.24. The van der Waals surface area contributed by atoms with Crippen LogP contribution in [0.1, 0.15) is 6.92 Å². The van der Waals surface area contributed by atoms with Crippen LogP contribution in [0.25, 0.3) is 0 Å². The van der Waals surface area contributed by atoms with Gasteiger partial charge in [-0.3, -0.25) is 4.21 Å². The number of urea groups is 1. The van der Waals surface area contributed by atoms with Crippen LogP contribution in [0.15, 0.2) is 54.6 Å². The van der Waals surface area contributed by atoms with Crippen LogP contribution < -0.4 is 15.4 Å². The summed E-state index contributed by atoms with van der Waals surface area (Å²) >= 11 is 0. The average molecular weight is 332 g/mol. The van der Waals surface area contributed by atoms with E-state index in [0.717, 1.165) is 0 Å². The Bertz CT molecular complexity index is 677. The van der Waals surface area contributed by atoms with Crippen LogP contribution in [-0.2, 0) is 10.8 Å². The molecule has 2 aromatic carbocycles. The summed E-state index contributed by atoms with van der Waals surface area (Å²) < 4.78 is 17.0. The molecule has 0 unspecified atom stereocenters. The molecule has 122 valence electrons. The van der Waals surface area contributed by atoms with Crippen molar-refractivity contribution in [2.24, 2.45) is 0 Å². The number of carbonyl (C=O) groups excluding carboxylic acids is 1. The molecular formula is C17H20N2O3S. The molecule has 0 fully saturated rings. The lowest BCUT2D eigenvalue weighted by Gasteiger charge is -2.15. The molecule has 2 amide bonds. The highest BCUT2D eigenvalue weighted by molar-refractivity contribution is 7.84. The van der Waals surface area contributed by atoms with Gasteiger partial charge < -0.3 is 15.4 Å². The Morgan fingerprint density at radius 3 is 2.48 bits per heavy atom. The lowest BCUT2D eigenvalue weighted by atomic mass is 10.3. The van der Waals surface area contributed by atoms with E-state index >= 15 is 0 Å². The van der Waals surface area contributed by atoms with Gasteiger partial charge >= 0.3 is 6.03 Å². The van der Waals surface area contributed by atoms with E-state index in [-0.39, 0.29) is 12.1 Å². The predicted molar refractivity (Wildman–Crippen MR) is 93.5 cm³/mol. The molecular weight excluding hydrogens is 312 g/mol. The Hall–Kier alpha value is -2.34. The Balaban J connectivity index is 2.02. The highest BCUT2D eigenvalue weighted by Gasteiger charge is 2.11. The van der Waals surface area contributed by atoms with Gasteiger partial charge in [0.25, 0.3) is 0 Å². The van der Waals surface area contributed by atoms with E-state index in [1.165, 1.54) is 0 Å². The van der Waals surface area contributed by atoms with E-state index in [2.05, 4.69) is 10.6 Å². The molecule has 0 aliphatic carbocycles. The maximum atomic E-state index is 12.0. The molecule has 2 aromatic rings. The number of ether oxygens (including phenoxy) is 1. The Morgan fingerprint density at radius 1 is 1.13 bits per heavy atom. The van der Waals surface area contributed by atoms with Gasteiger partial charge in [0.05, 0.1) is 5.69 Å². The molecule has 0 radical (unpaired) electrons. The second kappa shape index (κ2) is 8.33. The fraction of sp³-hybridized carbons (Fsp3) is 0.235. The number of benzene rings is 2. The predicted octanol–water partition coefficient (Wildman–Crippen LogP) is 3.37. The molecule has 2 atom stereocenters. The van der Waals surface area contributed by atoms with E-state index in [1.807, 2.05) is 49.4 Å². The number of rotatable bonds is 6. The molecule has 0 saturated carbocycles. The lowest BCUT2D eigenvalue weighted by Crippen LogP contribution is -2.39. The third kappa shape index (κ3) is 5.75. The summed E-state index contributed by atoms with van der Waals surface area (Å²) in [5.74, 6) is 1.66. The molecule has 0 saturated heterocycles. The molecule has 0 aliphatic rings. The summed E-state index contributed by atoms with van der Waals surface area (Å²) in [7, 11) is -0.957. The van der Waals surface area contributed by atoms with E-state index in [9.17, 15) is 9.00 Å². The fourth-order valence-corrected chi connectivity index (χ4v) is 2.84. The third-order valence-electron chi connectivity index (χ3n) is 2.97. The van der Waals surface area contributed by atoms with Crippen molar-refractivity contribution in [3.63, 3.8) is 0 Å². The smallest absolute Gasteiger partial charge is 0.319 e. The van der Waals surface area contributed by atoms with Gasteiger partial charge in [-0.2, -0.15) is 0 Å². The lowest BCUT2D eigenvalue weighted by molar-refractivity contribution is 0.250. The highest BCUT2D eigenvalue weighted by Crippen LogP contribution is 2.28. The second-order valence-corrected chi connectivity index (χ2v) is 6.63. The number of nitrogens with one attached hydrogen (secondary N) is 2. The largest absolute Gasteiger partial charge is 0.455 e. The topological polar surface area (TPSA) is 67.4 Å². The van der Waals surface area contributed by atoms with Crippen molar-refractivity contribution in [2.45, 2.75) is 13.0 Å². The molecule has 5 nitrogen and oxygen atoms in total. The zero-order valence-corrected chi connectivity index (χ0v) is 13.9. The minimum atomic E-state index is -0.957. The number of hydrogen-bond donors (Lipinski definition) is 2. The summed E-state index contributed by atoms with van der Waals surface area (Å²) in [6.45, 7) is 1.81. The molecule has 2 rings (SSSR count). The third-order valence-corrected chi connectivity index (χ3v) is 3.94. The Kier molecular flexibility index (Phi) is 6.17. The zero-order valence-electron chi connectivity index (χ0n) is 13.1. The number of anilines is 1. The number of para-hydroxylation sites is 3. The summed E-state index contributed by atoms with van der Waals surface area (Å²) in [6, 6.07) is 16.0. The maximum absolute atomic E-state index is 12.0. The van der Waals surface area contributed by atoms with Gasteiger partial charge in [0.2, 0.25) is 0 Å². The number of carbonyl (C=O) groups is 1. The first-order chi connectivity index (χ1) is 11.0. The van der Waals surface area contributed by atoms with Crippen molar-refractivity contribution in [3.05, 3.63) is 54.6 Å². The van der Waals surface area contributed by atoms with Gasteiger partial charge in [-0.25, -0.2) is 4.79 Å². The Morgan fingerprint density at radius 2 is 1.78 bits per heavy atom. The molecule has 0 aromatic heterocycles. The minimum Gasteiger partial charge on any atom is -0.455 e. The molecule has 0 spiro atoms. The van der Waals surface area contributed by atoms with Gasteiger partial charge in [0.1, 0.15) is 5.75 Å². The normalized spacial score (nSPS) is 13.0. The second-order valence-electron chi connectivity index (χ2n) is 5.15. The Labute approximate surface area is 138 Å². The maximum Gasteiger partial charge on any atom is 0.319 e. The van der Waals surface area contributed by atoms with E-state index < -0.39 is 10.8 Å². The van der Waals surface area contributed by atoms with Gasteiger partial charge in [-0.1, -0.05) is 30.3 Å². The van der Waals surface area contributed by atoms with Crippen molar-refractivity contribution in [3.8, 4) is 11.5 Å². The average Bonchev–Trinajstić information content (AvgIpc) is 2.49. The monoisotopic (exact) mass is 332 g/mol. The van der Waals surface area contributed by atoms with Gasteiger partial charge in [-0.15, -0.1) is 0 Å². The highest BCUT2D eigenvalue weighted by atomic mass is 32.2. The molecule has 0 heterocycles. The van der Waals surface area contributed by atoms with Gasteiger partial charge in [-0.05, 0) is 31.2 Å². The first kappa shape index (κ1) is 17.0. The van der Waals surface area contributed by atoms with E-state index in [0.29, 0.717) is 22.9 Å². The zero-order chi connectivity index (χ0) is 16.7. The molecule has 0 bridgehead atoms. The van der Waals surface area contributed by atoms with Gasteiger partial charge in [0, 0.05) is 28.9 Å². The van der Waals surface area contributed by atoms with Crippen molar-refractivity contribution < 1.29 is 13.7 Å². The van der Waals surface area contributed by atoms with Gasteiger partial charge in [0.15, 0.2) is 5.75 Å². The van der Waals surface area contributed by atoms with Crippen molar-refractivity contribution in [1.82, 2.24) is 5.32 Å². The van der Waals surface area contributed by atoms with Crippen LogP contribution in [-0.4, -0.2) is 28.3 Å². The molecule has 23 heavy (non-hydrogen) atoms. The molecule has 2 N–H and O–H groups in total. The van der Waals surface area contributed by atoms with Crippen LogP contribution in [0, 0.1) is 0 Å².